The number of benzene rings is 1. The van der Waals surface area contributed by atoms with Gasteiger partial charge in [0.05, 0.1) is 7.11 Å². The maximum atomic E-state index is 13.3. The SMILES string of the molecule is COc1cc(F)cc(C2=CCN(C=O)CC2)c1. The second-order valence-corrected chi connectivity index (χ2v) is 3.96. The summed E-state index contributed by atoms with van der Waals surface area (Å²) in [4.78, 5) is 12.3. The van der Waals surface area contributed by atoms with Gasteiger partial charge < -0.3 is 9.64 Å². The van der Waals surface area contributed by atoms with Crippen molar-refractivity contribution >= 4 is 12.0 Å². The minimum Gasteiger partial charge on any atom is -0.497 e. The number of nitrogens with zero attached hydrogens (tertiary/aromatic N) is 1. The highest BCUT2D eigenvalue weighted by atomic mass is 19.1. The molecular weight excluding hydrogens is 221 g/mol. The van der Waals surface area contributed by atoms with E-state index in [2.05, 4.69) is 0 Å². The van der Waals surface area contributed by atoms with E-state index in [1.54, 1.807) is 4.90 Å². The van der Waals surface area contributed by atoms with Gasteiger partial charge in [0.25, 0.3) is 0 Å². The van der Waals surface area contributed by atoms with Crippen LogP contribution >= 0.6 is 0 Å². The smallest absolute Gasteiger partial charge is 0.209 e. The van der Waals surface area contributed by atoms with Gasteiger partial charge in [-0.25, -0.2) is 4.39 Å². The van der Waals surface area contributed by atoms with Gasteiger partial charge in [0.1, 0.15) is 11.6 Å². The van der Waals surface area contributed by atoms with Crippen molar-refractivity contribution in [2.75, 3.05) is 20.2 Å². The topological polar surface area (TPSA) is 29.5 Å². The highest BCUT2D eigenvalue weighted by Crippen LogP contribution is 2.26. The van der Waals surface area contributed by atoms with E-state index in [0.29, 0.717) is 18.8 Å². The van der Waals surface area contributed by atoms with Crippen LogP contribution in [-0.4, -0.2) is 31.5 Å². The van der Waals surface area contributed by atoms with Crippen LogP contribution in [0.5, 0.6) is 5.75 Å². The van der Waals surface area contributed by atoms with Crippen LogP contribution in [0.1, 0.15) is 12.0 Å². The lowest BCUT2D eigenvalue weighted by Gasteiger charge is -2.22. The van der Waals surface area contributed by atoms with E-state index in [-0.39, 0.29) is 5.82 Å². The van der Waals surface area contributed by atoms with Gasteiger partial charge in [-0.2, -0.15) is 0 Å². The van der Waals surface area contributed by atoms with Crippen LogP contribution in [0.4, 0.5) is 4.39 Å². The molecule has 0 unspecified atom stereocenters. The Bertz CT molecular complexity index is 457. The molecular formula is C13H14FNO2. The molecule has 0 aliphatic carbocycles. The highest BCUT2D eigenvalue weighted by Gasteiger charge is 2.12. The van der Waals surface area contributed by atoms with Crippen LogP contribution in [0.2, 0.25) is 0 Å². The summed E-state index contributed by atoms with van der Waals surface area (Å²) in [6.07, 6.45) is 3.52. The Balaban J connectivity index is 2.25. The number of hydrogen-bond donors (Lipinski definition) is 0. The second kappa shape index (κ2) is 4.99. The molecule has 0 saturated carbocycles. The Morgan fingerprint density at radius 2 is 2.24 bits per heavy atom. The Morgan fingerprint density at radius 1 is 1.41 bits per heavy atom. The molecule has 4 heteroatoms. The fourth-order valence-electron chi connectivity index (χ4n) is 1.91. The van der Waals surface area contributed by atoms with Crippen LogP contribution in [-0.2, 0) is 4.79 Å². The molecule has 1 aliphatic rings. The molecule has 0 aromatic heterocycles. The molecule has 0 saturated heterocycles. The summed E-state index contributed by atoms with van der Waals surface area (Å²) < 4.78 is 18.4. The quantitative estimate of drug-likeness (QED) is 0.751. The molecule has 1 amide bonds. The third-order valence-electron chi connectivity index (χ3n) is 2.87. The van der Waals surface area contributed by atoms with Crippen LogP contribution in [0.25, 0.3) is 5.57 Å². The average molecular weight is 235 g/mol. The van der Waals surface area contributed by atoms with Gasteiger partial charge in [-0.1, -0.05) is 6.08 Å². The molecule has 1 aromatic rings. The maximum absolute atomic E-state index is 13.3. The Morgan fingerprint density at radius 3 is 2.82 bits per heavy atom. The number of ether oxygens (including phenoxy) is 1. The van der Waals surface area contributed by atoms with Crippen molar-refractivity contribution in [3.05, 3.63) is 35.7 Å². The normalized spacial score (nSPS) is 15.4. The summed E-state index contributed by atoms with van der Waals surface area (Å²) in [6, 6.07) is 4.65. The van der Waals surface area contributed by atoms with E-state index in [1.165, 1.54) is 19.2 Å². The molecule has 0 N–H and O–H groups in total. The predicted molar refractivity (Wildman–Crippen MR) is 63.2 cm³/mol. The third-order valence-corrected chi connectivity index (χ3v) is 2.87. The number of halogens is 1. The van der Waals surface area contributed by atoms with E-state index >= 15 is 0 Å². The average Bonchev–Trinajstić information content (AvgIpc) is 2.38. The largest absolute Gasteiger partial charge is 0.497 e. The number of rotatable bonds is 3. The molecule has 0 fully saturated rings. The monoisotopic (exact) mass is 235 g/mol. The van der Waals surface area contributed by atoms with Gasteiger partial charge in [0, 0.05) is 19.2 Å². The number of amides is 1. The molecule has 1 aliphatic heterocycles. The lowest BCUT2D eigenvalue weighted by atomic mass is 9.99. The van der Waals surface area contributed by atoms with Gasteiger partial charge >= 0.3 is 0 Å². The van der Waals surface area contributed by atoms with E-state index in [0.717, 1.165) is 24.0 Å². The number of carbonyl (C=O) groups excluding carboxylic acids is 1. The molecule has 0 bridgehead atoms. The van der Waals surface area contributed by atoms with Crippen molar-refractivity contribution in [3.8, 4) is 5.75 Å². The number of methoxy groups -OCH3 is 1. The maximum Gasteiger partial charge on any atom is 0.209 e. The van der Waals surface area contributed by atoms with E-state index < -0.39 is 0 Å². The summed E-state index contributed by atoms with van der Waals surface area (Å²) >= 11 is 0. The fraction of sp³-hybridized carbons (Fsp3) is 0.308. The van der Waals surface area contributed by atoms with Gasteiger partial charge in [-0.15, -0.1) is 0 Å². The minimum atomic E-state index is -0.307. The first-order chi connectivity index (χ1) is 8.22. The summed E-state index contributed by atoms with van der Waals surface area (Å²) in [6.45, 7) is 1.26. The lowest BCUT2D eigenvalue weighted by molar-refractivity contribution is -0.117. The number of carbonyl (C=O) groups is 1. The van der Waals surface area contributed by atoms with Crippen molar-refractivity contribution in [1.29, 1.82) is 0 Å². The first kappa shape index (κ1) is 11.6. The first-order valence-corrected chi connectivity index (χ1v) is 5.46. The van der Waals surface area contributed by atoms with Crippen LogP contribution in [0, 0.1) is 5.82 Å². The zero-order valence-electron chi connectivity index (χ0n) is 9.65. The lowest BCUT2D eigenvalue weighted by Crippen LogP contribution is -2.26. The van der Waals surface area contributed by atoms with E-state index in [1.807, 2.05) is 12.1 Å². The second-order valence-electron chi connectivity index (χ2n) is 3.96. The van der Waals surface area contributed by atoms with Crippen LogP contribution < -0.4 is 4.74 Å². The molecule has 0 radical (unpaired) electrons. The molecule has 0 atom stereocenters. The van der Waals surface area contributed by atoms with Gasteiger partial charge in [-0.05, 0) is 29.7 Å². The summed E-state index contributed by atoms with van der Waals surface area (Å²) in [5.41, 5.74) is 1.88. The molecule has 3 nitrogen and oxygen atoms in total. The van der Waals surface area contributed by atoms with Crippen molar-refractivity contribution < 1.29 is 13.9 Å². The predicted octanol–water partition coefficient (Wildman–Crippen LogP) is 2.08. The Labute approximate surface area is 99.5 Å². The van der Waals surface area contributed by atoms with Crippen molar-refractivity contribution in [2.24, 2.45) is 0 Å². The zero-order chi connectivity index (χ0) is 12.3. The van der Waals surface area contributed by atoms with Crippen molar-refractivity contribution in [2.45, 2.75) is 6.42 Å². The van der Waals surface area contributed by atoms with E-state index in [4.69, 9.17) is 4.74 Å². The number of hydrogen-bond acceptors (Lipinski definition) is 2. The standard InChI is InChI=1S/C13H14FNO2/c1-17-13-7-11(6-12(14)8-13)10-2-4-15(9-16)5-3-10/h2,6-9H,3-5H2,1H3. The van der Waals surface area contributed by atoms with E-state index in [9.17, 15) is 9.18 Å². The van der Waals surface area contributed by atoms with Gasteiger partial charge in [0.2, 0.25) is 6.41 Å². The van der Waals surface area contributed by atoms with Crippen LogP contribution in [0.3, 0.4) is 0 Å². The molecule has 1 aromatic carbocycles. The molecule has 0 spiro atoms. The fourth-order valence-corrected chi connectivity index (χ4v) is 1.91. The summed E-state index contributed by atoms with van der Waals surface area (Å²) in [5.74, 6) is 0.205. The third kappa shape index (κ3) is 2.64. The Hall–Kier alpha value is -1.84. The minimum absolute atomic E-state index is 0.307. The van der Waals surface area contributed by atoms with Crippen molar-refractivity contribution in [1.82, 2.24) is 4.90 Å². The molecule has 90 valence electrons. The zero-order valence-corrected chi connectivity index (χ0v) is 9.65. The summed E-state index contributed by atoms with van der Waals surface area (Å²) in [5, 5.41) is 0. The molecule has 2 rings (SSSR count). The first-order valence-electron chi connectivity index (χ1n) is 5.46. The highest BCUT2D eigenvalue weighted by molar-refractivity contribution is 5.69. The van der Waals surface area contributed by atoms with Crippen LogP contribution in [0.15, 0.2) is 24.3 Å². The van der Waals surface area contributed by atoms with Crippen molar-refractivity contribution in [3.63, 3.8) is 0 Å². The van der Waals surface area contributed by atoms with Gasteiger partial charge in [-0.3, -0.25) is 4.79 Å². The van der Waals surface area contributed by atoms with Gasteiger partial charge in [0.15, 0.2) is 0 Å². The molecule has 17 heavy (non-hydrogen) atoms. The summed E-state index contributed by atoms with van der Waals surface area (Å²) in [7, 11) is 1.52. The Kier molecular flexibility index (Phi) is 3.42. The molecule has 1 heterocycles.